The maximum absolute atomic E-state index is 11.9. The number of primary amides is 1. The van der Waals surface area contributed by atoms with Gasteiger partial charge in [0.15, 0.2) is 0 Å². The van der Waals surface area contributed by atoms with E-state index in [1.807, 2.05) is 6.92 Å². The van der Waals surface area contributed by atoms with Gasteiger partial charge in [0.05, 0.1) is 34.2 Å². The highest BCUT2D eigenvalue weighted by Crippen LogP contribution is 2.32. The van der Waals surface area contributed by atoms with Crippen LogP contribution in [0.15, 0.2) is 42.6 Å². The Bertz CT molecular complexity index is 1170. The fourth-order valence-electron chi connectivity index (χ4n) is 2.93. The zero-order valence-corrected chi connectivity index (χ0v) is 15.3. The van der Waals surface area contributed by atoms with Crippen LogP contribution in [-0.2, 0) is 16.5 Å². The minimum Gasteiger partial charge on any atom is -0.365 e. The number of fused-ring (bicyclic) bond motifs is 1. The largest absolute Gasteiger partial charge is 0.365 e. The van der Waals surface area contributed by atoms with E-state index < -0.39 is 16.6 Å². The molecule has 0 unspecified atom stereocenters. The zero-order valence-electron chi connectivity index (χ0n) is 14.4. The smallest absolute Gasteiger partial charge is 0.252 e. The van der Waals surface area contributed by atoms with E-state index in [9.17, 15) is 13.2 Å². The highest BCUT2D eigenvalue weighted by atomic mass is 32.2. The summed E-state index contributed by atoms with van der Waals surface area (Å²) >= 11 is 0. The molecule has 0 spiro atoms. The molecule has 0 radical (unpaired) electrons. The number of aromatic nitrogens is 1. The topological polar surface area (TPSA) is 126 Å². The van der Waals surface area contributed by atoms with Crippen LogP contribution in [0.4, 0.5) is 11.4 Å². The first-order valence-corrected chi connectivity index (χ1v) is 9.36. The van der Waals surface area contributed by atoms with Crippen molar-refractivity contribution in [3.63, 3.8) is 0 Å². The second kappa shape index (κ2) is 7.43. The molecule has 0 aliphatic rings. The lowest BCUT2D eigenvalue weighted by Gasteiger charge is -2.15. The van der Waals surface area contributed by atoms with Gasteiger partial charge in [-0.3, -0.25) is 9.78 Å². The fourth-order valence-corrected chi connectivity index (χ4v) is 3.41. The number of amides is 1. The molecule has 0 saturated heterocycles. The van der Waals surface area contributed by atoms with Gasteiger partial charge in [-0.2, -0.15) is 5.26 Å². The Labute approximate surface area is 157 Å². The number of hydrogen-bond donors (Lipinski definition) is 3. The number of rotatable bonds is 5. The highest BCUT2D eigenvalue weighted by Gasteiger charge is 2.16. The number of anilines is 2. The molecule has 1 amide bonds. The number of benzene rings is 2. The molecular formula is C19H16N4O3S. The SMILES string of the molecule is Cc1cc(C[SH](=O)=O)cc2c(Nc3cccc(C#N)c3)c(C(N)=O)cnc12. The van der Waals surface area contributed by atoms with Crippen molar-refractivity contribution in [2.45, 2.75) is 12.7 Å². The van der Waals surface area contributed by atoms with E-state index in [1.165, 1.54) is 6.20 Å². The number of thiol groups is 1. The zero-order chi connectivity index (χ0) is 19.6. The van der Waals surface area contributed by atoms with Crippen molar-refractivity contribution in [2.24, 2.45) is 5.73 Å². The van der Waals surface area contributed by atoms with Crippen LogP contribution in [0.2, 0.25) is 0 Å². The van der Waals surface area contributed by atoms with Gasteiger partial charge in [-0.15, -0.1) is 0 Å². The van der Waals surface area contributed by atoms with Crippen LogP contribution in [0.25, 0.3) is 10.9 Å². The highest BCUT2D eigenvalue weighted by molar-refractivity contribution is 7.71. The van der Waals surface area contributed by atoms with Crippen LogP contribution in [0.1, 0.15) is 27.0 Å². The average molecular weight is 380 g/mol. The van der Waals surface area contributed by atoms with Crippen molar-refractivity contribution in [3.05, 3.63) is 64.8 Å². The van der Waals surface area contributed by atoms with E-state index in [0.29, 0.717) is 33.4 Å². The number of nitrogens with two attached hydrogens (primary N) is 1. The van der Waals surface area contributed by atoms with E-state index in [-0.39, 0.29) is 11.3 Å². The average Bonchev–Trinajstić information content (AvgIpc) is 2.61. The predicted octanol–water partition coefficient (Wildman–Crippen LogP) is 2.37. The third kappa shape index (κ3) is 3.88. The lowest BCUT2D eigenvalue weighted by Crippen LogP contribution is -2.14. The Morgan fingerprint density at radius 3 is 2.74 bits per heavy atom. The Hall–Kier alpha value is -3.44. The van der Waals surface area contributed by atoms with Crippen LogP contribution in [0.5, 0.6) is 0 Å². The number of carbonyl (C=O) groups is 1. The van der Waals surface area contributed by atoms with Crippen molar-refractivity contribution in [1.29, 1.82) is 5.26 Å². The van der Waals surface area contributed by atoms with Crippen LogP contribution in [0.3, 0.4) is 0 Å². The molecule has 0 aliphatic heterocycles. The Kier molecular flexibility index (Phi) is 5.05. The lowest BCUT2D eigenvalue weighted by atomic mass is 10.0. The van der Waals surface area contributed by atoms with Crippen molar-refractivity contribution < 1.29 is 13.2 Å². The quantitative estimate of drug-likeness (QED) is 0.583. The second-order valence-corrected chi connectivity index (χ2v) is 7.01. The van der Waals surface area contributed by atoms with Gasteiger partial charge in [0.2, 0.25) is 0 Å². The molecule has 2 aromatic carbocycles. The summed E-state index contributed by atoms with van der Waals surface area (Å²) < 4.78 is 22.3. The van der Waals surface area contributed by atoms with E-state index in [1.54, 1.807) is 36.4 Å². The summed E-state index contributed by atoms with van der Waals surface area (Å²) in [7, 11) is -2.60. The van der Waals surface area contributed by atoms with Gasteiger partial charge in [0.1, 0.15) is 10.7 Å². The van der Waals surface area contributed by atoms with E-state index in [4.69, 9.17) is 11.0 Å². The Morgan fingerprint density at radius 1 is 1.30 bits per heavy atom. The Balaban J connectivity index is 2.25. The third-order valence-electron chi connectivity index (χ3n) is 4.06. The molecule has 27 heavy (non-hydrogen) atoms. The van der Waals surface area contributed by atoms with Gasteiger partial charge >= 0.3 is 0 Å². The van der Waals surface area contributed by atoms with E-state index in [0.717, 1.165) is 5.56 Å². The van der Waals surface area contributed by atoms with Crippen LogP contribution in [-0.4, -0.2) is 19.3 Å². The number of carbonyl (C=O) groups excluding carboxylic acids is 1. The molecule has 0 atom stereocenters. The van der Waals surface area contributed by atoms with Crippen molar-refractivity contribution in [2.75, 3.05) is 5.32 Å². The van der Waals surface area contributed by atoms with Gasteiger partial charge in [0, 0.05) is 17.3 Å². The van der Waals surface area contributed by atoms with Crippen molar-refractivity contribution in [1.82, 2.24) is 4.98 Å². The number of nitriles is 1. The molecule has 1 heterocycles. The standard InChI is InChI=1S/C19H16N4O3S/c1-11-5-13(10-27(25)26)7-15-17(11)22-9-16(19(21)24)18(15)23-14-4-2-3-12(6-14)8-20/h2-7,9,27H,10H2,1H3,(H2,21,24)(H,22,23). The molecule has 0 bridgehead atoms. The number of nitrogens with zero attached hydrogens (tertiary/aromatic N) is 2. The van der Waals surface area contributed by atoms with Crippen molar-refractivity contribution in [3.8, 4) is 6.07 Å². The van der Waals surface area contributed by atoms with Gasteiger partial charge in [0.25, 0.3) is 5.91 Å². The Morgan fingerprint density at radius 2 is 2.07 bits per heavy atom. The monoisotopic (exact) mass is 380 g/mol. The summed E-state index contributed by atoms with van der Waals surface area (Å²) in [4.78, 5) is 16.2. The lowest BCUT2D eigenvalue weighted by molar-refractivity contribution is 0.100. The summed E-state index contributed by atoms with van der Waals surface area (Å²) in [6.45, 7) is 1.82. The number of pyridine rings is 1. The van der Waals surface area contributed by atoms with Crippen LogP contribution < -0.4 is 11.1 Å². The molecule has 3 rings (SSSR count). The molecular weight excluding hydrogens is 364 g/mol. The minimum absolute atomic E-state index is 0.115. The third-order valence-corrected chi connectivity index (χ3v) is 4.68. The second-order valence-electron chi connectivity index (χ2n) is 6.03. The predicted molar refractivity (Wildman–Crippen MR) is 103 cm³/mol. The normalized spacial score (nSPS) is 10.7. The maximum Gasteiger partial charge on any atom is 0.252 e. The van der Waals surface area contributed by atoms with Gasteiger partial charge in [-0.25, -0.2) is 8.42 Å². The van der Waals surface area contributed by atoms with Crippen LogP contribution in [0, 0.1) is 18.3 Å². The minimum atomic E-state index is -2.60. The van der Waals surface area contributed by atoms with E-state index in [2.05, 4.69) is 16.4 Å². The summed E-state index contributed by atoms with van der Waals surface area (Å²) in [5.74, 6) is -0.780. The first-order chi connectivity index (χ1) is 12.9. The molecule has 1 aromatic heterocycles. The van der Waals surface area contributed by atoms with Gasteiger partial charge < -0.3 is 11.1 Å². The summed E-state index contributed by atoms with van der Waals surface area (Å²) in [5.41, 5.74) is 9.16. The van der Waals surface area contributed by atoms with Crippen molar-refractivity contribution >= 4 is 38.9 Å². The van der Waals surface area contributed by atoms with Crippen LogP contribution >= 0.6 is 0 Å². The number of hydrogen-bond acceptors (Lipinski definition) is 6. The maximum atomic E-state index is 11.9. The molecule has 3 aromatic rings. The molecule has 7 nitrogen and oxygen atoms in total. The summed E-state index contributed by atoms with van der Waals surface area (Å²) in [5, 5.41) is 12.8. The molecule has 8 heteroatoms. The van der Waals surface area contributed by atoms with Gasteiger partial charge in [-0.1, -0.05) is 12.1 Å². The first kappa shape index (κ1) is 18.4. The summed E-state index contributed by atoms with van der Waals surface area (Å²) in [6.07, 6.45) is 1.39. The molecule has 136 valence electrons. The number of nitrogens with one attached hydrogen (secondary N) is 1. The summed E-state index contributed by atoms with van der Waals surface area (Å²) in [6, 6.07) is 12.3. The first-order valence-electron chi connectivity index (χ1n) is 8.00. The van der Waals surface area contributed by atoms with E-state index >= 15 is 0 Å². The molecule has 0 aliphatic carbocycles. The van der Waals surface area contributed by atoms with Gasteiger partial charge in [-0.05, 0) is 42.3 Å². The fraction of sp³-hybridized carbons (Fsp3) is 0.105. The molecule has 3 N–H and O–H groups in total. The number of aryl methyl sites for hydroxylation is 1. The molecule has 0 saturated carbocycles. The molecule has 0 fully saturated rings.